The molecule has 0 aliphatic heterocycles. The number of rotatable bonds is 4. The summed E-state index contributed by atoms with van der Waals surface area (Å²) in [6, 6.07) is 5.53. The third-order valence-corrected chi connectivity index (χ3v) is 2.48. The molecule has 13 heavy (non-hydrogen) atoms. The van der Waals surface area contributed by atoms with Gasteiger partial charge in [-0.1, -0.05) is 12.1 Å². The van der Waals surface area contributed by atoms with Gasteiger partial charge in [0.2, 0.25) is 0 Å². The summed E-state index contributed by atoms with van der Waals surface area (Å²) in [5, 5.41) is 9.56. The summed E-state index contributed by atoms with van der Waals surface area (Å²) in [6.45, 7) is 0. The fraction of sp³-hybridized carbons (Fsp3) is 0.300. The second-order valence-electron chi connectivity index (χ2n) is 2.81. The summed E-state index contributed by atoms with van der Waals surface area (Å²) in [7, 11) is 0. The van der Waals surface area contributed by atoms with Crippen LogP contribution in [0.5, 0.6) is 5.75 Å². The second-order valence-corrected chi connectivity index (χ2v) is 3.66. The number of benzene rings is 1. The number of hydrogen-bond acceptors (Lipinski definition) is 2. The first-order chi connectivity index (χ1) is 6.25. The maximum absolute atomic E-state index is 10.1. The molecule has 0 heterocycles. The van der Waals surface area contributed by atoms with E-state index >= 15 is 0 Å². The van der Waals surface area contributed by atoms with Gasteiger partial charge in [0.25, 0.3) is 0 Å². The third kappa shape index (κ3) is 2.84. The van der Waals surface area contributed by atoms with Crippen LogP contribution in [0.4, 0.5) is 0 Å². The van der Waals surface area contributed by atoms with Crippen molar-refractivity contribution in [1.29, 1.82) is 0 Å². The Morgan fingerprint density at radius 3 is 2.92 bits per heavy atom. The lowest BCUT2D eigenvalue weighted by molar-refractivity contribution is -0.107. The lowest BCUT2D eigenvalue weighted by atomic mass is 10.1. The average Bonchev–Trinajstić information content (AvgIpc) is 2.13. The van der Waals surface area contributed by atoms with Gasteiger partial charge >= 0.3 is 0 Å². The van der Waals surface area contributed by atoms with Gasteiger partial charge in [0, 0.05) is 6.42 Å². The van der Waals surface area contributed by atoms with Crippen molar-refractivity contribution in [1.82, 2.24) is 0 Å². The number of aromatic hydroxyl groups is 1. The Morgan fingerprint density at radius 1 is 1.46 bits per heavy atom. The van der Waals surface area contributed by atoms with Crippen molar-refractivity contribution in [3.05, 3.63) is 28.2 Å². The van der Waals surface area contributed by atoms with Crippen LogP contribution in [0.2, 0.25) is 0 Å². The standard InChI is InChI=1S/C10H11BrO2/c11-9-6-3-5-8(10(9)13)4-1-2-7-12/h3,5-7,13H,1-2,4H2. The Morgan fingerprint density at radius 2 is 2.23 bits per heavy atom. The SMILES string of the molecule is O=CCCCc1cccc(Br)c1O. The van der Waals surface area contributed by atoms with E-state index in [0.717, 1.165) is 24.7 Å². The lowest BCUT2D eigenvalue weighted by Crippen LogP contribution is -1.87. The quantitative estimate of drug-likeness (QED) is 0.652. The fourth-order valence-corrected chi connectivity index (χ4v) is 1.54. The number of carbonyl (C=O) groups excluding carboxylic acids is 1. The van der Waals surface area contributed by atoms with Gasteiger partial charge in [0.05, 0.1) is 4.47 Å². The smallest absolute Gasteiger partial charge is 0.132 e. The first-order valence-electron chi connectivity index (χ1n) is 4.15. The van der Waals surface area contributed by atoms with E-state index in [1.807, 2.05) is 12.1 Å². The molecule has 2 nitrogen and oxygen atoms in total. The molecule has 0 radical (unpaired) electrons. The molecule has 0 fully saturated rings. The zero-order valence-electron chi connectivity index (χ0n) is 7.16. The number of halogens is 1. The molecular formula is C10H11BrO2. The number of phenolic OH excluding ortho intramolecular Hbond substituents is 1. The fourth-order valence-electron chi connectivity index (χ4n) is 1.14. The molecule has 1 N–H and O–H groups in total. The van der Waals surface area contributed by atoms with Crippen molar-refractivity contribution in [2.75, 3.05) is 0 Å². The van der Waals surface area contributed by atoms with Gasteiger partial charge in [-0.15, -0.1) is 0 Å². The highest BCUT2D eigenvalue weighted by Crippen LogP contribution is 2.28. The highest BCUT2D eigenvalue weighted by atomic mass is 79.9. The van der Waals surface area contributed by atoms with Gasteiger partial charge in [0.15, 0.2) is 0 Å². The minimum absolute atomic E-state index is 0.286. The molecule has 0 saturated heterocycles. The molecule has 70 valence electrons. The van der Waals surface area contributed by atoms with E-state index < -0.39 is 0 Å². The van der Waals surface area contributed by atoms with Crippen molar-refractivity contribution in [2.45, 2.75) is 19.3 Å². The molecule has 0 aliphatic carbocycles. The molecule has 0 atom stereocenters. The van der Waals surface area contributed by atoms with Crippen molar-refractivity contribution in [2.24, 2.45) is 0 Å². The summed E-state index contributed by atoms with van der Waals surface area (Å²) in [5.74, 6) is 0.286. The van der Waals surface area contributed by atoms with Crippen molar-refractivity contribution in [3.63, 3.8) is 0 Å². The summed E-state index contributed by atoms with van der Waals surface area (Å²) in [5.41, 5.74) is 0.885. The van der Waals surface area contributed by atoms with E-state index in [1.165, 1.54) is 0 Å². The average molecular weight is 243 g/mol. The summed E-state index contributed by atoms with van der Waals surface area (Å²) < 4.78 is 0.705. The van der Waals surface area contributed by atoms with Crippen LogP contribution >= 0.6 is 15.9 Å². The lowest BCUT2D eigenvalue weighted by Gasteiger charge is -2.04. The van der Waals surface area contributed by atoms with Gasteiger partial charge in [0.1, 0.15) is 12.0 Å². The van der Waals surface area contributed by atoms with Gasteiger partial charge in [-0.25, -0.2) is 0 Å². The minimum atomic E-state index is 0.286. The summed E-state index contributed by atoms with van der Waals surface area (Å²) >= 11 is 3.24. The molecule has 0 aliphatic rings. The van der Waals surface area contributed by atoms with E-state index in [0.29, 0.717) is 10.9 Å². The van der Waals surface area contributed by atoms with Crippen LogP contribution in [-0.2, 0) is 11.2 Å². The van der Waals surface area contributed by atoms with Crippen LogP contribution in [0.25, 0.3) is 0 Å². The predicted molar refractivity (Wildman–Crippen MR) is 54.8 cm³/mol. The van der Waals surface area contributed by atoms with Crippen LogP contribution < -0.4 is 0 Å². The van der Waals surface area contributed by atoms with Crippen LogP contribution in [0, 0.1) is 0 Å². The summed E-state index contributed by atoms with van der Waals surface area (Å²) in [6.07, 6.45) is 2.97. The van der Waals surface area contributed by atoms with Crippen LogP contribution in [-0.4, -0.2) is 11.4 Å². The maximum Gasteiger partial charge on any atom is 0.132 e. The number of unbranched alkanes of at least 4 members (excludes halogenated alkanes) is 1. The van der Waals surface area contributed by atoms with Crippen LogP contribution in [0.3, 0.4) is 0 Å². The van der Waals surface area contributed by atoms with Crippen LogP contribution in [0.15, 0.2) is 22.7 Å². The molecule has 0 aromatic heterocycles. The molecule has 3 heteroatoms. The highest BCUT2D eigenvalue weighted by molar-refractivity contribution is 9.10. The van der Waals surface area contributed by atoms with Gasteiger partial charge in [-0.2, -0.15) is 0 Å². The Bertz CT molecular complexity index is 297. The Kier molecular flexibility index (Phi) is 3.96. The first-order valence-corrected chi connectivity index (χ1v) is 4.95. The molecule has 1 aromatic rings. The van der Waals surface area contributed by atoms with Crippen LogP contribution in [0.1, 0.15) is 18.4 Å². The highest BCUT2D eigenvalue weighted by Gasteiger charge is 2.03. The third-order valence-electron chi connectivity index (χ3n) is 1.84. The number of aryl methyl sites for hydroxylation is 1. The zero-order chi connectivity index (χ0) is 9.68. The monoisotopic (exact) mass is 242 g/mol. The number of carbonyl (C=O) groups is 1. The number of hydrogen-bond donors (Lipinski definition) is 1. The van der Waals surface area contributed by atoms with E-state index in [2.05, 4.69) is 15.9 Å². The molecule has 0 unspecified atom stereocenters. The second kappa shape index (κ2) is 5.02. The predicted octanol–water partition coefficient (Wildman–Crippen LogP) is 2.68. The van der Waals surface area contributed by atoms with E-state index in [9.17, 15) is 9.90 Å². The molecule has 0 amide bonds. The zero-order valence-corrected chi connectivity index (χ0v) is 8.75. The molecule has 1 aromatic carbocycles. The molecule has 0 bridgehead atoms. The molecule has 0 spiro atoms. The van der Waals surface area contributed by atoms with Crippen molar-refractivity contribution in [3.8, 4) is 5.75 Å². The molecular weight excluding hydrogens is 232 g/mol. The Balaban J connectivity index is 2.65. The Hall–Kier alpha value is -0.830. The minimum Gasteiger partial charge on any atom is -0.506 e. The largest absolute Gasteiger partial charge is 0.506 e. The first kappa shape index (κ1) is 10.3. The Labute approximate surface area is 85.7 Å². The van der Waals surface area contributed by atoms with Gasteiger partial charge < -0.3 is 9.90 Å². The van der Waals surface area contributed by atoms with Crippen molar-refractivity contribution >= 4 is 22.2 Å². The number of para-hydroxylation sites is 1. The molecule has 0 saturated carbocycles. The van der Waals surface area contributed by atoms with E-state index in [4.69, 9.17) is 0 Å². The van der Waals surface area contributed by atoms with E-state index in [1.54, 1.807) is 6.07 Å². The van der Waals surface area contributed by atoms with E-state index in [-0.39, 0.29) is 5.75 Å². The summed E-state index contributed by atoms with van der Waals surface area (Å²) in [4.78, 5) is 10.1. The topological polar surface area (TPSA) is 37.3 Å². The van der Waals surface area contributed by atoms with Gasteiger partial charge in [-0.05, 0) is 40.4 Å². The number of aldehydes is 1. The van der Waals surface area contributed by atoms with Gasteiger partial charge in [-0.3, -0.25) is 0 Å². The van der Waals surface area contributed by atoms with Crippen molar-refractivity contribution < 1.29 is 9.90 Å². The normalized spacial score (nSPS) is 9.92. The number of phenols is 1. The molecule has 1 rings (SSSR count). The maximum atomic E-state index is 10.1.